The van der Waals surface area contributed by atoms with Crippen molar-refractivity contribution in [1.82, 2.24) is 4.90 Å². The first-order valence-corrected chi connectivity index (χ1v) is 7.47. The Kier molecular flexibility index (Phi) is 1.36. The van der Waals surface area contributed by atoms with E-state index in [1.54, 1.807) is 6.08 Å². The second-order valence-corrected chi connectivity index (χ2v) is 6.50. The molecule has 2 heterocycles. The van der Waals surface area contributed by atoms with Gasteiger partial charge in [0.25, 0.3) is 0 Å². The molecule has 22 heavy (non-hydrogen) atoms. The number of hydrogen-bond donors (Lipinski definition) is 1. The number of benzene rings is 1. The van der Waals surface area contributed by atoms with Crippen molar-refractivity contribution in [3.05, 3.63) is 35.4 Å². The number of aliphatic hydroxyl groups is 1. The van der Waals surface area contributed by atoms with Crippen LogP contribution >= 0.6 is 0 Å². The summed E-state index contributed by atoms with van der Waals surface area (Å²) in [6, 6.07) is 0.845. The molecule has 5 atom stereocenters. The molecule has 1 aromatic rings. The summed E-state index contributed by atoms with van der Waals surface area (Å²) < 4.78 is 74.3. The van der Waals surface area contributed by atoms with E-state index in [-0.39, 0.29) is 36.4 Å². The van der Waals surface area contributed by atoms with Crippen LogP contribution in [0, 0.1) is 5.92 Å². The molecule has 1 saturated heterocycles. The van der Waals surface area contributed by atoms with Crippen LogP contribution in [-0.2, 0) is 11.8 Å². The predicted octanol–water partition coefficient (Wildman–Crippen LogP) is 1.50. The third-order valence-corrected chi connectivity index (χ3v) is 5.74. The minimum Gasteiger partial charge on any atom is -0.493 e. The number of rotatable bonds is 1. The molecule has 4 heteroatoms. The third-order valence-electron chi connectivity index (χ3n) is 5.74. The molecule has 4 nitrogen and oxygen atoms in total. The normalized spacial score (nSPS) is 50.9. The summed E-state index contributed by atoms with van der Waals surface area (Å²) in [6.07, 6.45) is 0.427. The summed E-state index contributed by atoms with van der Waals surface area (Å²) in [5.74, 6) is -0.338. The Balaban J connectivity index is 1.77. The molecule has 1 fully saturated rings. The van der Waals surface area contributed by atoms with Gasteiger partial charge in [0, 0.05) is 27.1 Å². The van der Waals surface area contributed by atoms with Gasteiger partial charge in [-0.05, 0) is 38.0 Å². The van der Waals surface area contributed by atoms with Crippen molar-refractivity contribution < 1.29 is 25.5 Å². The van der Waals surface area contributed by atoms with Crippen LogP contribution in [0.1, 0.15) is 28.5 Å². The van der Waals surface area contributed by atoms with E-state index in [2.05, 4.69) is 0 Å². The van der Waals surface area contributed by atoms with Gasteiger partial charge in [0.15, 0.2) is 11.5 Å². The molecule has 1 aromatic carbocycles. The number of likely N-dealkylation sites (N-methyl/N-ethyl adjacent to an activating group) is 1. The van der Waals surface area contributed by atoms with Crippen molar-refractivity contribution in [2.75, 3.05) is 20.6 Å². The second-order valence-electron chi connectivity index (χ2n) is 6.50. The molecule has 1 spiro atoms. The highest BCUT2D eigenvalue weighted by Crippen LogP contribution is 2.62. The van der Waals surface area contributed by atoms with E-state index in [9.17, 15) is 5.11 Å². The van der Waals surface area contributed by atoms with E-state index in [1.807, 2.05) is 0 Å². The number of likely N-dealkylation sites (tertiary alicyclic amines) is 1. The van der Waals surface area contributed by atoms with E-state index in [1.165, 1.54) is 17.0 Å². The Morgan fingerprint density at radius 1 is 1.59 bits per heavy atom. The summed E-state index contributed by atoms with van der Waals surface area (Å²) >= 11 is 0. The van der Waals surface area contributed by atoms with Crippen LogP contribution in [0.3, 0.4) is 0 Å². The molecule has 5 unspecified atom stereocenters. The molecule has 0 saturated carbocycles. The van der Waals surface area contributed by atoms with Gasteiger partial charge >= 0.3 is 0 Å². The largest absolute Gasteiger partial charge is 0.493 e. The zero-order chi connectivity index (χ0) is 21.9. The van der Waals surface area contributed by atoms with Crippen LogP contribution in [0.15, 0.2) is 24.3 Å². The summed E-state index contributed by atoms with van der Waals surface area (Å²) in [7, 11) is -2.76. The monoisotopic (exact) mass is 307 g/mol. The zero-order valence-electron chi connectivity index (χ0n) is 19.8. The van der Waals surface area contributed by atoms with Crippen molar-refractivity contribution in [3.8, 4) is 11.5 Å². The zero-order valence-corrected chi connectivity index (χ0v) is 11.8. The van der Waals surface area contributed by atoms with Crippen LogP contribution < -0.4 is 9.47 Å². The van der Waals surface area contributed by atoms with Gasteiger partial charge in [0.2, 0.25) is 0 Å². The van der Waals surface area contributed by atoms with Gasteiger partial charge in [-0.15, -0.1) is 0 Å². The topological polar surface area (TPSA) is 41.9 Å². The molecule has 4 aliphatic rings. The van der Waals surface area contributed by atoms with E-state index in [4.69, 9.17) is 20.4 Å². The lowest BCUT2D eigenvalue weighted by Gasteiger charge is -2.56. The minimum absolute atomic E-state index is 0.0375. The van der Waals surface area contributed by atoms with Crippen molar-refractivity contribution >= 4 is 0 Å². The lowest BCUT2D eigenvalue weighted by atomic mass is 9.53. The highest BCUT2D eigenvalue weighted by molar-refractivity contribution is 5.62. The van der Waals surface area contributed by atoms with Crippen LogP contribution in [0.25, 0.3) is 0 Å². The summed E-state index contributed by atoms with van der Waals surface area (Å²) in [6.45, 7) is -2.12. The van der Waals surface area contributed by atoms with E-state index in [0.717, 1.165) is 0 Å². The van der Waals surface area contributed by atoms with Crippen LogP contribution in [0.5, 0.6) is 11.5 Å². The molecule has 1 N–H and O–H groups in total. The third kappa shape index (κ3) is 1.28. The van der Waals surface area contributed by atoms with E-state index < -0.39 is 37.7 Å². The van der Waals surface area contributed by atoms with Crippen LogP contribution in [0.4, 0.5) is 0 Å². The number of nitrogens with zero attached hydrogens (tertiary/aromatic N) is 1. The first-order chi connectivity index (χ1) is 13.8. The van der Waals surface area contributed by atoms with Gasteiger partial charge in [-0.2, -0.15) is 0 Å². The maximum Gasteiger partial charge on any atom is 0.165 e. The molecule has 0 aromatic heterocycles. The van der Waals surface area contributed by atoms with Gasteiger partial charge < -0.3 is 19.5 Å². The highest BCUT2D eigenvalue weighted by atomic mass is 16.5. The molecule has 2 aliphatic heterocycles. The second kappa shape index (κ2) is 4.06. The minimum atomic E-state index is -2.76. The standard InChI is InChI=1S/C18H21NO3/c1-19-8-7-18-11-4-5-13(20)17(18)22-16-14(21-2)6-3-10(15(16)18)9-12(11)19/h3-6,11-13,17,20H,7-9H2,1-2H3/i1D3,2D3,3D,13D. The fourth-order valence-electron chi connectivity index (χ4n) is 4.88. The molecule has 2 bridgehead atoms. The number of piperidine rings is 1. The van der Waals surface area contributed by atoms with Crippen molar-refractivity contribution in [3.63, 3.8) is 0 Å². The van der Waals surface area contributed by atoms with Gasteiger partial charge in [0.05, 0.1) is 13.9 Å². The van der Waals surface area contributed by atoms with Crippen LogP contribution in [-0.4, -0.2) is 48.8 Å². The average Bonchev–Trinajstić information content (AvgIpc) is 2.91. The maximum absolute atomic E-state index is 10.8. The highest BCUT2D eigenvalue weighted by Gasteiger charge is 2.64. The van der Waals surface area contributed by atoms with Crippen molar-refractivity contribution in [2.24, 2.45) is 5.92 Å². The van der Waals surface area contributed by atoms with Gasteiger partial charge in [0.1, 0.15) is 12.2 Å². The fraction of sp³-hybridized carbons (Fsp3) is 0.556. The molecular formula is C18H21NO3. The quantitative estimate of drug-likeness (QED) is 0.799. The lowest BCUT2D eigenvalue weighted by Crippen LogP contribution is -2.64. The average molecular weight is 307 g/mol. The first-order valence-electron chi connectivity index (χ1n) is 11.5. The Morgan fingerprint density at radius 2 is 2.55 bits per heavy atom. The van der Waals surface area contributed by atoms with Crippen molar-refractivity contribution in [2.45, 2.75) is 36.5 Å². The molecule has 2 aliphatic carbocycles. The molecule has 5 rings (SSSR count). The molecule has 116 valence electrons. The smallest absolute Gasteiger partial charge is 0.165 e. The van der Waals surface area contributed by atoms with E-state index in [0.29, 0.717) is 17.5 Å². The molecule has 0 radical (unpaired) electrons. The summed E-state index contributed by atoms with van der Waals surface area (Å²) in [5.41, 5.74) is 0.220. The maximum atomic E-state index is 10.8. The number of methoxy groups -OCH3 is 1. The van der Waals surface area contributed by atoms with Gasteiger partial charge in [-0.3, -0.25) is 0 Å². The van der Waals surface area contributed by atoms with Crippen molar-refractivity contribution in [1.29, 1.82) is 0 Å². The number of hydrogen-bond acceptors (Lipinski definition) is 4. The summed E-state index contributed by atoms with van der Waals surface area (Å²) in [5, 5.41) is 10.8. The SMILES string of the molecule is [2H]c1cc(OC([2H])([2H])[2H])c2c3c1CC1C4C=CC([2H])(O)C(O2)C34CCN1C([2H])([2H])[2H]. The Hall–Kier alpha value is -1.52. The number of ether oxygens (including phenoxy) is 2. The molecular weight excluding hydrogens is 278 g/mol. The predicted molar refractivity (Wildman–Crippen MR) is 82.5 cm³/mol. The van der Waals surface area contributed by atoms with E-state index >= 15 is 0 Å². The van der Waals surface area contributed by atoms with Crippen LogP contribution in [0.2, 0.25) is 0 Å². The Labute approximate surface area is 141 Å². The Bertz CT molecular complexity index is 956. The Morgan fingerprint density at radius 3 is 3.41 bits per heavy atom. The first kappa shape index (κ1) is 7.37. The van der Waals surface area contributed by atoms with Gasteiger partial charge in [-0.1, -0.05) is 18.2 Å². The summed E-state index contributed by atoms with van der Waals surface area (Å²) in [4.78, 5) is 1.45. The fourth-order valence-corrected chi connectivity index (χ4v) is 4.88. The lowest BCUT2D eigenvalue weighted by molar-refractivity contribution is -0.0453. The van der Waals surface area contributed by atoms with Gasteiger partial charge in [-0.25, -0.2) is 0 Å². The molecule has 0 amide bonds.